The zero-order valence-corrected chi connectivity index (χ0v) is 12.6. The molecule has 0 saturated carbocycles. The van der Waals surface area contributed by atoms with Crippen LogP contribution in [-0.2, 0) is 4.79 Å². The summed E-state index contributed by atoms with van der Waals surface area (Å²) in [4.78, 5) is 25.0. The zero-order valence-electron chi connectivity index (χ0n) is 12.6. The summed E-state index contributed by atoms with van der Waals surface area (Å²) in [6, 6.07) is 12.0. The molecule has 0 heterocycles. The van der Waals surface area contributed by atoms with Crippen molar-refractivity contribution >= 4 is 23.7 Å². The van der Waals surface area contributed by atoms with E-state index in [2.05, 4.69) is 0 Å². The molecule has 0 aromatic heterocycles. The summed E-state index contributed by atoms with van der Waals surface area (Å²) in [6.45, 7) is 3.84. The largest absolute Gasteiger partial charge is 0.298 e. The molecule has 0 aliphatic heterocycles. The molecule has 0 N–H and O–H groups in total. The van der Waals surface area contributed by atoms with Crippen molar-refractivity contribution in [3.63, 3.8) is 0 Å². The normalized spacial score (nSPS) is 22.1. The minimum absolute atomic E-state index is 0.00755. The number of fused-ring (bicyclic) bond motifs is 4. The Balaban J connectivity index is 2.26. The average molecular weight is 288 g/mol. The highest BCUT2D eigenvalue weighted by Gasteiger charge is 2.29. The van der Waals surface area contributed by atoms with Crippen molar-refractivity contribution in [1.82, 2.24) is 0 Å². The van der Waals surface area contributed by atoms with Gasteiger partial charge in [0.1, 0.15) is 5.78 Å². The number of carbonyl (C=O) groups excluding carboxylic acids is 2. The van der Waals surface area contributed by atoms with E-state index in [4.69, 9.17) is 0 Å². The van der Waals surface area contributed by atoms with Gasteiger partial charge >= 0.3 is 0 Å². The standard InChI is InChI=1S/C20H16O2/c1-11-9-14-7-8-16-15-6-4-3-5-13(15)10-17(21)19(16)18(14)12(2)20(11)22/h3-12H,1-2H3. The first-order valence-corrected chi connectivity index (χ1v) is 7.62. The van der Waals surface area contributed by atoms with Crippen molar-refractivity contribution in [3.8, 4) is 0 Å². The van der Waals surface area contributed by atoms with Crippen LogP contribution in [-0.4, -0.2) is 11.6 Å². The van der Waals surface area contributed by atoms with Gasteiger partial charge in [-0.3, -0.25) is 9.59 Å². The molecule has 22 heavy (non-hydrogen) atoms. The Labute approximate surface area is 128 Å². The molecule has 2 aliphatic rings. The first-order chi connectivity index (χ1) is 10.6. The topological polar surface area (TPSA) is 34.1 Å². The Hall–Kier alpha value is -2.48. The highest BCUT2D eigenvalue weighted by Crippen LogP contribution is 2.27. The fraction of sp³-hybridized carbons (Fsp3) is 0.200. The predicted molar refractivity (Wildman–Crippen MR) is 85.7 cm³/mol. The molecule has 2 unspecified atom stereocenters. The zero-order chi connectivity index (χ0) is 15.4. The Morgan fingerprint density at radius 2 is 1.64 bits per heavy atom. The van der Waals surface area contributed by atoms with E-state index >= 15 is 0 Å². The van der Waals surface area contributed by atoms with Gasteiger partial charge in [0.2, 0.25) is 0 Å². The van der Waals surface area contributed by atoms with E-state index in [1.165, 1.54) is 0 Å². The lowest BCUT2D eigenvalue weighted by molar-refractivity contribution is -0.122. The highest BCUT2D eigenvalue weighted by atomic mass is 16.1. The number of hydrogen-bond acceptors (Lipinski definition) is 2. The van der Waals surface area contributed by atoms with E-state index in [1.54, 1.807) is 6.08 Å². The fourth-order valence-corrected chi connectivity index (χ4v) is 3.71. The third kappa shape index (κ3) is 1.67. The monoisotopic (exact) mass is 288 g/mol. The second kappa shape index (κ2) is 4.51. The van der Waals surface area contributed by atoms with Gasteiger partial charge in [0.05, 0.1) is 0 Å². The van der Waals surface area contributed by atoms with Crippen LogP contribution in [0.4, 0.5) is 0 Å². The maximum Gasteiger partial charge on any atom is 0.187 e. The molecule has 0 fully saturated rings. The van der Waals surface area contributed by atoms with Crippen LogP contribution >= 0.6 is 0 Å². The first-order valence-electron chi connectivity index (χ1n) is 7.62. The van der Waals surface area contributed by atoms with Gasteiger partial charge in [0, 0.05) is 17.4 Å². The van der Waals surface area contributed by atoms with Gasteiger partial charge in [0.15, 0.2) is 5.78 Å². The van der Waals surface area contributed by atoms with Crippen molar-refractivity contribution in [2.75, 3.05) is 0 Å². The second-order valence-electron chi connectivity index (χ2n) is 6.17. The molecule has 2 nitrogen and oxygen atoms in total. The number of benzene rings is 2. The minimum atomic E-state index is -0.229. The molecule has 108 valence electrons. The first kappa shape index (κ1) is 13.2. The summed E-state index contributed by atoms with van der Waals surface area (Å²) in [5.41, 5.74) is 1.61. The van der Waals surface area contributed by atoms with Crippen LogP contribution in [0.2, 0.25) is 0 Å². The van der Waals surface area contributed by atoms with E-state index in [1.807, 2.05) is 56.3 Å². The molecule has 0 radical (unpaired) electrons. The fourth-order valence-electron chi connectivity index (χ4n) is 3.71. The highest BCUT2D eigenvalue weighted by molar-refractivity contribution is 6.19. The minimum Gasteiger partial charge on any atom is -0.298 e. The summed E-state index contributed by atoms with van der Waals surface area (Å²) in [5, 5.41) is 3.99. The summed E-state index contributed by atoms with van der Waals surface area (Å²) >= 11 is 0. The predicted octanol–water partition coefficient (Wildman–Crippen LogP) is 2.05. The van der Waals surface area contributed by atoms with Crippen LogP contribution in [0.25, 0.3) is 12.2 Å². The van der Waals surface area contributed by atoms with Gasteiger partial charge in [0.25, 0.3) is 0 Å². The molecule has 2 atom stereocenters. The van der Waals surface area contributed by atoms with Gasteiger partial charge in [-0.2, -0.15) is 0 Å². The summed E-state index contributed by atoms with van der Waals surface area (Å²) < 4.78 is 0. The van der Waals surface area contributed by atoms with Gasteiger partial charge in [-0.1, -0.05) is 56.3 Å². The van der Waals surface area contributed by atoms with Crippen LogP contribution in [0, 0.1) is 16.4 Å². The summed E-state index contributed by atoms with van der Waals surface area (Å²) in [5.74, 6) is -0.121. The molecular weight excluding hydrogens is 272 g/mol. The molecule has 2 heteroatoms. The van der Waals surface area contributed by atoms with E-state index in [0.29, 0.717) is 5.56 Å². The van der Waals surface area contributed by atoms with Crippen molar-refractivity contribution in [3.05, 3.63) is 68.4 Å². The molecule has 2 aliphatic carbocycles. The van der Waals surface area contributed by atoms with Gasteiger partial charge < -0.3 is 0 Å². The summed E-state index contributed by atoms with van der Waals surface area (Å²) in [6.07, 6.45) is 3.67. The SMILES string of the molecule is CC1C=c2ccc3c(c2C(C)C1=O)C(=O)C=c1ccccc1=3. The average Bonchev–Trinajstić information content (AvgIpc) is 2.52. The number of Topliss-reactive ketones (excluding diaryl/α,β-unsaturated/α-hetero) is 2. The molecule has 4 rings (SSSR count). The number of carbonyl (C=O) groups is 2. The molecule has 0 bridgehead atoms. The van der Waals surface area contributed by atoms with E-state index in [0.717, 1.165) is 26.4 Å². The van der Waals surface area contributed by atoms with Gasteiger partial charge in [-0.15, -0.1) is 0 Å². The van der Waals surface area contributed by atoms with E-state index < -0.39 is 0 Å². The lowest BCUT2D eigenvalue weighted by Gasteiger charge is -2.23. The van der Waals surface area contributed by atoms with Crippen molar-refractivity contribution in [2.45, 2.75) is 19.8 Å². The quantitative estimate of drug-likeness (QED) is 0.743. The second-order valence-corrected chi connectivity index (χ2v) is 6.17. The van der Waals surface area contributed by atoms with Crippen LogP contribution in [0.15, 0.2) is 36.4 Å². The molecule has 2 aromatic carbocycles. The van der Waals surface area contributed by atoms with Crippen molar-refractivity contribution in [1.29, 1.82) is 0 Å². The van der Waals surface area contributed by atoms with Gasteiger partial charge in [-0.05, 0) is 32.5 Å². The van der Waals surface area contributed by atoms with E-state index in [-0.39, 0.29) is 23.4 Å². The number of rotatable bonds is 0. The lowest BCUT2D eigenvalue weighted by atomic mass is 9.78. The molecule has 0 spiro atoms. The Morgan fingerprint density at radius 1 is 0.864 bits per heavy atom. The Bertz CT molecular complexity index is 1040. The third-order valence-corrected chi connectivity index (χ3v) is 4.80. The smallest absolute Gasteiger partial charge is 0.187 e. The maximum atomic E-state index is 12.7. The van der Waals surface area contributed by atoms with E-state index in [9.17, 15) is 9.59 Å². The number of hydrogen-bond donors (Lipinski definition) is 0. The van der Waals surface area contributed by atoms with Gasteiger partial charge in [-0.25, -0.2) is 0 Å². The Morgan fingerprint density at radius 3 is 2.45 bits per heavy atom. The van der Waals surface area contributed by atoms with Crippen molar-refractivity contribution < 1.29 is 9.59 Å². The molecule has 0 amide bonds. The molecule has 2 aromatic rings. The van der Waals surface area contributed by atoms with Crippen LogP contribution in [0.1, 0.15) is 35.7 Å². The summed E-state index contributed by atoms with van der Waals surface area (Å²) in [7, 11) is 0. The maximum absolute atomic E-state index is 12.7. The molecular formula is C20H16O2. The van der Waals surface area contributed by atoms with Crippen LogP contribution < -0.4 is 10.4 Å². The van der Waals surface area contributed by atoms with Crippen LogP contribution in [0.5, 0.6) is 0 Å². The molecule has 0 saturated heterocycles. The number of ketones is 2. The third-order valence-electron chi connectivity index (χ3n) is 4.80. The van der Waals surface area contributed by atoms with Crippen molar-refractivity contribution in [2.24, 2.45) is 5.92 Å². The Kier molecular flexibility index (Phi) is 2.70. The van der Waals surface area contributed by atoms with Crippen LogP contribution in [0.3, 0.4) is 0 Å². The lowest BCUT2D eigenvalue weighted by Crippen LogP contribution is -2.32.